The molecule has 0 bridgehead atoms. The zero-order valence-corrected chi connectivity index (χ0v) is 19.1. The Morgan fingerprint density at radius 3 is 2.55 bits per heavy atom. The fourth-order valence-electron chi connectivity index (χ4n) is 4.26. The first-order valence-electron chi connectivity index (χ1n) is 10.7. The van der Waals surface area contributed by atoms with E-state index in [9.17, 15) is 14.0 Å². The van der Waals surface area contributed by atoms with Crippen LogP contribution in [0.2, 0.25) is 5.02 Å². The predicted octanol–water partition coefficient (Wildman–Crippen LogP) is 5.92. The molecule has 5 nitrogen and oxygen atoms in total. The van der Waals surface area contributed by atoms with E-state index in [-0.39, 0.29) is 23.3 Å². The van der Waals surface area contributed by atoms with Crippen LogP contribution in [0, 0.1) is 18.7 Å². The molecule has 1 N–H and O–H groups in total. The van der Waals surface area contributed by atoms with Gasteiger partial charge in [0.15, 0.2) is 0 Å². The average molecular weight is 467 g/mol. The highest BCUT2D eigenvalue weighted by molar-refractivity contribution is 6.33. The summed E-state index contributed by atoms with van der Waals surface area (Å²) in [7, 11) is 1.56. The third kappa shape index (κ3) is 4.71. The van der Waals surface area contributed by atoms with Crippen LogP contribution in [0.4, 0.5) is 15.8 Å². The average Bonchev–Trinajstić information content (AvgIpc) is 2.81. The first-order chi connectivity index (χ1) is 15.9. The summed E-state index contributed by atoms with van der Waals surface area (Å²) >= 11 is 6.14. The maximum atomic E-state index is 13.5. The third-order valence-electron chi connectivity index (χ3n) is 5.89. The summed E-state index contributed by atoms with van der Waals surface area (Å²) in [4.78, 5) is 28.3. The number of carbonyl (C=O) groups is 2. The highest BCUT2D eigenvalue weighted by Crippen LogP contribution is 2.43. The first kappa shape index (κ1) is 22.8. The van der Waals surface area contributed by atoms with Crippen molar-refractivity contribution in [2.24, 2.45) is 5.92 Å². The van der Waals surface area contributed by atoms with Gasteiger partial charge in [-0.15, -0.1) is 0 Å². The van der Waals surface area contributed by atoms with E-state index in [2.05, 4.69) is 5.32 Å². The van der Waals surface area contributed by atoms with Crippen LogP contribution in [-0.2, 0) is 9.59 Å². The van der Waals surface area contributed by atoms with Gasteiger partial charge in [0.05, 0.1) is 29.8 Å². The van der Waals surface area contributed by atoms with Crippen LogP contribution in [0.3, 0.4) is 0 Å². The molecule has 0 spiro atoms. The second-order valence-electron chi connectivity index (χ2n) is 8.04. The third-order valence-corrected chi connectivity index (χ3v) is 6.21. The SMILES string of the molecule is COc1ccccc1[C@@H]1[C@H](C(=O)Nc2ccc(F)cc2Cl)CCC(=O)N1c1ccc(C)cc1. The zero-order chi connectivity index (χ0) is 23.5. The van der Waals surface area contributed by atoms with Crippen LogP contribution in [0.15, 0.2) is 66.7 Å². The van der Waals surface area contributed by atoms with Crippen molar-refractivity contribution in [3.63, 3.8) is 0 Å². The highest BCUT2D eigenvalue weighted by Gasteiger charge is 2.42. The molecule has 0 unspecified atom stereocenters. The molecule has 3 aromatic rings. The molecule has 7 heteroatoms. The molecule has 0 aliphatic carbocycles. The second kappa shape index (κ2) is 9.63. The number of amides is 2. The maximum Gasteiger partial charge on any atom is 0.229 e. The number of piperidine rings is 1. The number of carbonyl (C=O) groups excluding carboxylic acids is 2. The van der Waals surface area contributed by atoms with Gasteiger partial charge < -0.3 is 15.0 Å². The van der Waals surface area contributed by atoms with Crippen molar-refractivity contribution in [2.45, 2.75) is 25.8 Å². The molecule has 1 fully saturated rings. The molecule has 2 atom stereocenters. The number of methoxy groups -OCH3 is 1. The fourth-order valence-corrected chi connectivity index (χ4v) is 4.47. The first-order valence-corrected chi connectivity index (χ1v) is 11.0. The van der Waals surface area contributed by atoms with Crippen LogP contribution >= 0.6 is 11.6 Å². The van der Waals surface area contributed by atoms with E-state index in [1.165, 1.54) is 12.1 Å². The van der Waals surface area contributed by atoms with Crippen LogP contribution < -0.4 is 15.0 Å². The summed E-state index contributed by atoms with van der Waals surface area (Å²) in [5.41, 5.74) is 2.83. The van der Waals surface area contributed by atoms with Crippen molar-refractivity contribution in [3.8, 4) is 5.75 Å². The van der Waals surface area contributed by atoms with E-state index < -0.39 is 17.8 Å². The molecule has 33 heavy (non-hydrogen) atoms. The van der Waals surface area contributed by atoms with Gasteiger partial charge in [-0.3, -0.25) is 9.59 Å². The van der Waals surface area contributed by atoms with Gasteiger partial charge >= 0.3 is 0 Å². The summed E-state index contributed by atoms with van der Waals surface area (Å²) in [5.74, 6) is -0.852. The van der Waals surface area contributed by atoms with Crippen molar-refractivity contribution < 1.29 is 18.7 Å². The number of hydrogen-bond acceptors (Lipinski definition) is 3. The number of nitrogens with one attached hydrogen (secondary N) is 1. The Bertz CT molecular complexity index is 1180. The summed E-state index contributed by atoms with van der Waals surface area (Å²) in [6.45, 7) is 1.97. The lowest BCUT2D eigenvalue weighted by atomic mass is 9.82. The van der Waals surface area contributed by atoms with Crippen LogP contribution in [0.5, 0.6) is 5.75 Å². The van der Waals surface area contributed by atoms with E-state index >= 15 is 0 Å². The Kier molecular flexibility index (Phi) is 6.65. The molecule has 170 valence electrons. The van der Waals surface area contributed by atoms with Crippen LogP contribution in [0.1, 0.15) is 30.0 Å². The molecule has 2 amide bonds. The molecular weight excluding hydrogens is 443 g/mol. The lowest BCUT2D eigenvalue weighted by Crippen LogP contribution is -2.47. The minimum absolute atomic E-state index is 0.0707. The minimum atomic E-state index is -0.593. The summed E-state index contributed by atoms with van der Waals surface area (Å²) in [6.07, 6.45) is 0.573. The Balaban J connectivity index is 1.78. The Morgan fingerprint density at radius 1 is 1.12 bits per heavy atom. The van der Waals surface area contributed by atoms with Crippen LogP contribution in [0.25, 0.3) is 0 Å². The summed E-state index contributed by atoms with van der Waals surface area (Å²) in [6, 6.07) is 18.2. The molecule has 1 aliphatic rings. The maximum absolute atomic E-state index is 13.5. The molecule has 1 aliphatic heterocycles. The number of aryl methyl sites for hydroxylation is 1. The quantitative estimate of drug-likeness (QED) is 0.507. The Labute approximate surface area is 197 Å². The van der Waals surface area contributed by atoms with Crippen LogP contribution in [-0.4, -0.2) is 18.9 Å². The van der Waals surface area contributed by atoms with Crippen molar-refractivity contribution in [1.29, 1.82) is 0 Å². The lowest BCUT2D eigenvalue weighted by molar-refractivity contribution is -0.125. The normalized spacial score (nSPS) is 18.2. The van der Waals surface area contributed by atoms with Crippen molar-refractivity contribution in [3.05, 3.63) is 88.7 Å². The molecule has 0 saturated carbocycles. The van der Waals surface area contributed by atoms with Gasteiger partial charge in [0.1, 0.15) is 11.6 Å². The summed E-state index contributed by atoms with van der Waals surface area (Å²) in [5, 5.41) is 2.93. The van der Waals surface area contributed by atoms with Gasteiger partial charge in [-0.2, -0.15) is 0 Å². The number of ether oxygens (including phenoxy) is 1. The van der Waals surface area contributed by atoms with E-state index in [1.54, 1.807) is 12.0 Å². The molecule has 1 heterocycles. The Hall–Kier alpha value is -3.38. The van der Waals surface area contributed by atoms with E-state index in [0.29, 0.717) is 23.5 Å². The zero-order valence-electron chi connectivity index (χ0n) is 18.3. The summed E-state index contributed by atoms with van der Waals surface area (Å²) < 4.78 is 19.0. The molecule has 0 radical (unpaired) electrons. The van der Waals surface area contributed by atoms with E-state index in [1.807, 2.05) is 55.5 Å². The van der Waals surface area contributed by atoms with E-state index in [0.717, 1.165) is 17.2 Å². The second-order valence-corrected chi connectivity index (χ2v) is 8.45. The molecule has 3 aromatic carbocycles. The number of nitrogens with zero attached hydrogens (tertiary/aromatic N) is 1. The predicted molar refractivity (Wildman–Crippen MR) is 127 cm³/mol. The van der Waals surface area contributed by atoms with Gasteiger partial charge in [0.2, 0.25) is 11.8 Å². The standard InChI is InChI=1S/C26H24ClFN2O3/c1-16-7-10-18(11-8-16)30-24(31)14-12-20(25(30)19-5-3-4-6-23(19)33-2)26(32)29-22-13-9-17(28)15-21(22)27/h3-11,13,15,20,25H,12,14H2,1-2H3,(H,29,32)/t20-,25-/m1/s1. The van der Waals surface area contributed by atoms with Gasteiger partial charge in [-0.1, -0.05) is 47.5 Å². The number of hydrogen-bond donors (Lipinski definition) is 1. The number of para-hydroxylation sites is 1. The van der Waals surface area contributed by atoms with Gasteiger partial charge in [0, 0.05) is 17.7 Å². The van der Waals surface area contributed by atoms with Gasteiger partial charge in [-0.25, -0.2) is 4.39 Å². The number of benzene rings is 3. The highest BCUT2D eigenvalue weighted by atomic mass is 35.5. The molecular formula is C26H24ClFN2O3. The van der Waals surface area contributed by atoms with Crippen molar-refractivity contribution in [1.82, 2.24) is 0 Å². The topological polar surface area (TPSA) is 58.6 Å². The van der Waals surface area contributed by atoms with Gasteiger partial charge in [-0.05, 0) is 49.7 Å². The fraction of sp³-hybridized carbons (Fsp3) is 0.231. The lowest BCUT2D eigenvalue weighted by Gasteiger charge is -2.41. The van der Waals surface area contributed by atoms with Crippen molar-refractivity contribution in [2.75, 3.05) is 17.3 Å². The molecule has 0 aromatic heterocycles. The number of anilines is 2. The number of rotatable bonds is 5. The van der Waals surface area contributed by atoms with Gasteiger partial charge in [0.25, 0.3) is 0 Å². The minimum Gasteiger partial charge on any atom is -0.496 e. The molecule has 4 rings (SSSR count). The largest absolute Gasteiger partial charge is 0.496 e. The van der Waals surface area contributed by atoms with Crippen molar-refractivity contribution >= 4 is 34.8 Å². The smallest absolute Gasteiger partial charge is 0.229 e. The number of halogens is 2. The molecule has 1 saturated heterocycles. The Morgan fingerprint density at radius 2 is 1.85 bits per heavy atom. The van der Waals surface area contributed by atoms with E-state index in [4.69, 9.17) is 16.3 Å². The monoisotopic (exact) mass is 466 g/mol.